The quantitative estimate of drug-likeness (QED) is 0.411. The van der Waals surface area contributed by atoms with Gasteiger partial charge in [-0.25, -0.2) is 4.79 Å². The number of carbonyl (C=O) groups excluding carboxylic acids is 2. The number of morpholine rings is 1. The van der Waals surface area contributed by atoms with Gasteiger partial charge in [0.2, 0.25) is 0 Å². The van der Waals surface area contributed by atoms with Crippen molar-refractivity contribution in [2.45, 2.75) is 45.8 Å². The molecule has 0 bridgehead atoms. The summed E-state index contributed by atoms with van der Waals surface area (Å²) in [6.45, 7) is 7.96. The molecule has 0 spiro atoms. The van der Waals surface area contributed by atoms with Gasteiger partial charge in [-0.15, -0.1) is 0 Å². The van der Waals surface area contributed by atoms with Gasteiger partial charge in [-0.05, 0) is 38.7 Å². The van der Waals surface area contributed by atoms with Crippen molar-refractivity contribution in [3.05, 3.63) is 33.9 Å². The average molecular weight is 419 g/mol. The summed E-state index contributed by atoms with van der Waals surface area (Å²) in [6.07, 6.45) is 1.80. The summed E-state index contributed by atoms with van der Waals surface area (Å²) in [7, 11) is 0. The number of hydrogen-bond donors (Lipinski definition) is 0. The molecule has 9 heteroatoms. The molecule has 30 heavy (non-hydrogen) atoms. The number of anilines is 1. The van der Waals surface area contributed by atoms with Crippen LogP contribution < -0.4 is 4.90 Å². The van der Waals surface area contributed by atoms with E-state index >= 15 is 0 Å². The van der Waals surface area contributed by atoms with Gasteiger partial charge in [0.25, 0.3) is 11.6 Å². The van der Waals surface area contributed by atoms with E-state index in [1.807, 2.05) is 18.7 Å². The normalized spacial score (nSPS) is 22.6. The number of hydrogen-bond acceptors (Lipinski definition) is 7. The molecule has 0 aromatic heterocycles. The first-order chi connectivity index (χ1) is 14.2. The zero-order valence-corrected chi connectivity index (χ0v) is 17.7. The first kappa shape index (κ1) is 22.0. The van der Waals surface area contributed by atoms with Gasteiger partial charge in [0.15, 0.2) is 6.61 Å². The first-order valence-corrected chi connectivity index (χ1v) is 10.4. The van der Waals surface area contributed by atoms with Gasteiger partial charge in [-0.1, -0.05) is 6.92 Å². The highest BCUT2D eigenvalue weighted by Gasteiger charge is 2.28. The van der Waals surface area contributed by atoms with Gasteiger partial charge in [0.1, 0.15) is 0 Å². The van der Waals surface area contributed by atoms with Gasteiger partial charge in [0, 0.05) is 38.3 Å². The molecule has 2 saturated heterocycles. The lowest BCUT2D eigenvalue weighted by Crippen LogP contribution is -2.49. The fourth-order valence-corrected chi connectivity index (χ4v) is 4.00. The number of benzene rings is 1. The lowest BCUT2D eigenvalue weighted by Gasteiger charge is -2.35. The molecule has 0 radical (unpaired) electrons. The number of esters is 1. The summed E-state index contributed by atoms with van der Waals surface area (Å²) in [4.78, 5) is 39.6. The molecule has 0 saturated carbocycles. The van der Waals surface area contributed by atoms with Crippen molar-refractivity contribution in [2.24, 2.45) is 5.92 Å². The zero-order chi connectivity index (χ0) is 21.8. The smallest absolute Gasteiger partial charge is 0.341 e. The maximum Gasteiger partial charge on any atom is 0.341 e. The first-order valence-electron chi connectivity index (χ1n) is 10.4. The van der Waals surface area contributed by atoms with E-state index in [2.05, 4.69) is 6.92 Å². The van der Waals surface area contributed by atoms with Crippen molar-refractivity contribution in [3.8, 4) is 0 Å². The number of nitro benzene ring substituents is 1. The highest BCUT2D eigenvalue weighted by Crippen LogP contribution is 2.30. The molecule has 1 aromatic rings. The summed E-state index contributed by atoms with van der Waals surface area (Å²) in [5, 5.41) is 11.2. The third-order valence-electron chi connectivity index (χ3n) is 5.63. The van der Waals surface area contributed by atoms with Crippen molar-refractivity contribution in [2.75, 3.05) is 37.7 Å². The van der Waals surface area contributed by atoms with Crippen molar-refractivity contribution in [3.63, 3.8) is 0 Å². The summed E-state index contributed by atoms with van der Waals surface area (Å²) in [5.74, 6) is -0.426. The fourth-order valence-electron chi connectivity index (χ4n) is 4.00. The Hall–Kier alpha value is -2.68. The molecule has 1 aromatic carbocycles. The van der Waals surface area contributed by atoms with Crippen LogP contribution in [0.25, 0.3) is 0 Å². The molecule has 2 heterocycles. The van der Waals surface area contributed by atoms with Gasteiger partial charge in [-0.2, -0.15) is 0 Å². The second-order valence-electron chi connectivity index (χ2n) is 8.26. The molecule has 0 N–H and O–H groups in total. The van der Waals surface area contributed by atoms with Crippen molar-refractivity contribution in [1.82, 2.24) is 4.90 Å². The molecular formula is C21H29N3O6. The van der Waals surface area contributed by atoms with Crippen LogP contribution in [-0.4, -0.2) is 66.7 Å². The summed E-state index contributed by atoms with van der Waals surface area (Å²) in [5.41, 5.74) is 0.548. The van der Waals surface area contributed by atoms with Crippen LogP contribution in [0.4, 0.5) is 11.4 Å². The van der Waals surface area contributed by atoms with E-state index in [-0.39, 0.29) is 29.4 Å². The topological polar surface area (TPSA) is 102 Å². The second kappa shape index (κ2) is 9.42. The number of nitrogens with zero attached hydrogens (tertiary/aromatic N) is 3. The minimum Gasteiger partial charge on any atom is -0.452 e. The predicted molar refractivity (Wildman–Crippen MR) is 111 cm³/mol. The lowest BCUT2D eigenvalue weighted by molar-refractivity contribution is -0.384. The van der Waals surface area contributed by atoms with Crippen LogP contribution in [-0.2, 0) is 14.3 Å². The van der Waals surface area contributed by atoms with Crippen LogP contribution in [0.5, 0.6) is 0 Å². The Morgan fingerprint density at radius 2 is 1.80 bits per heavy atom. The number of ether oxygens (including phenoxy) is 2. The van der Waals surface area contributed by atoms with Crippen LogP contribution in [0.1, 0.15) is 44.0 Å². The van der Waals surface area contributed by atoms with E-state index in [1.165, 1.54) is 12.1 Å². The Kier molecular flexibility index (Phi) is 6.91. The molecule has 9 nitrogen and oxygen atoms in total. The highest BCUT2D eigenvalue weighted by molar-refractivity contribution is 5.97. The Morgan fingerprint density at radius 3 is 2.40 bits per heavy atom. The highest BCUT2D eigenvalue weighted by atomic mass is 16.6. The number of piperidine rings is 1. The molecular weight excluding hydrogens is 390 g/mol. The Morgan fingerprint density at radius 1 is 1.17 bits per heavy atom. The third-order valence-corrected chi connectivity index (χ3v) is 5.63. The molecule has 2 aliphatic rings. The third kappa shape index (κ3) is 5.27. The number of amides is 1. The Labute approximate surface area is 176 Å². The van der Waals surface area contributed by atoms with Gasteiger partial charge in [0.05, 0.1) is 28.4 Å². The molecule has 2 fully saturated rings. The van der Waals surface area contributed by atoms with E-state index < -0.39 is 17.5 Å². The monoisotopic (exact) mass is 419 g/mol. The SMILES string of the molecule is CC1CCN(c2ccc([N+](=O)[O-])cc2C(=O)OCC(=O)N2C[C@H](C)O[C@@H](C)C2)CC1. The second-order valence-corrected chi connectivity index (χ2v) is 8.26. The largest absolute Gasteiger partial charge is 0.452 e. The van der Waals surface area contributed by atoms with Crippen LogP contribution in [0, 0.1) is 16.0 Å². The van der Waals surface area contributed by atoms with Crippen LogP contribution in [0.2, 0.25) is 0 Å². The van der Waals surface area contributed by atoms with Gasteiger partial charge in [-0.3, -0.25) is 14.9 Å². The van der Waals surface area contributed by atoms with Gasteiger partial charge >= 0.3 is 5.97 Å². The molecule has 164 valence electrons. The summed E-state index contributed by atoms with van der Waals surface area (Å²) < 4.78 is 10.9. The summed E-state index contributed by atoms with van der Waals surface area (Å²) >= 11 is 0. The van der Waals surface area contributed by atoms with E-state index in [0.717, 1.165) is 25.9 Å². The van der Waals surface area contributed by atoms with Crippen LogP contribution >= 0.6 is 0 Å². The lowest BCUT2D eigenvalue weighted by atomic mass is 9.98. The van der Waals surface area contributed by atoms with Gasteiger partial charge < -0.3 is 19.3 Å². The Bertz CT molecular complexity index is 796. The minimum atomic E-state index is -0.727. The Balaban J connectivity index is 1.72. The van der Waals surface area contributed by atoms with Crippen molar-refractivity contribution < 1.29 is 24.0 Å². The average Bonchev–Trinajstić information content (AvgIpc) is 2.71. The molecule has 2 aliphatic heterocycles. The van der Waals surface area contributed by atoms with E-state index in [1.54, 1.807) is 11.0 Å². The standard InChI is InChI=1S/C21H29N3O6/c1-14-6-8-22(9-7-14)19-5-4-17(24(27)28)10-18(19)21(26)29-13-20(25)23-11-15(2)30-16(3)12-23/h4-5,10,14-16H,6-9,11-13H2,1-3H3/t15-,16-/m0/s1. The summed E-state index contributed by atoms with van der Waals surface area (Å²) in [6, 6.07) is 4.22. The minimum absolute atomic E-state index is 0.0849. The van der Waals surface area contributed by atoms with Crippen molar-refractivity contribution in [1.29, 1.82) is 0 Å². The van der Waals surface area contributed by atoms with E-state index in [9.17, 15) is 19.7 Å². The maximum atomic E-state index is 12.8. The predicted octanol–water partition coefficient (Wildman–Crippen LogP) is 2.62. The van der Waals surface area contributed by atoms with E-state index in [4.69, 9.17) is 9.47 Å². The molecule has 1 amide bonds. The maximum absolute atomic E-state index is 12.8. The zero-order valence-electron chi connectivity index (χ0n) is 17.7. The fraction of sp³-hybridized carbons (Fsp3) is 0.619. The number of rotatable bonds is 5. The van der Waals surface area contributed by atoms with E-state index in [0.29, 0.717) is 24.7 Å². The molecule has 0 aliphatic carbocycles. The number of carbonyl (C=O) groups is 2. The molecule has 2 atom stereocenters. The van der Waals surface area contributed by atoms with Crippen LogP contribution in [0.15, 0.2) is 18.2 Å². The van der Waals surface area contributed by atoms with Crippen LogP contribution in [0.3, 0.4) is 0 Å². The molecule has 3 rings (SSSR count). The number of non-ortho nitro benzene ring substituents is 1. The molecule has 0 unspecified atom stereocenters. The van der Waals surface area contributed by atoms with Crippen molar-refractivity contribution >= 4 is 23.3 Å². The number of nitro groups is 1.